The van der Waals surface area contributed by atoms with E-state index in [9.17, 15) is 14.0 Å². The molecule has 5 heteroatoms. The zero-order chi connectivity index (χ0) is 19.2. The first-order valence-corrected chi connectivity index (χ1v) is 9.26. The fraction of sp³-hybridized carbons (Fsp3) is 0.364. The van der Waals surface area contributed by atoms with E-state index in [4.69, 9.17) is 4.74 Å². The van der Waals surface area contributed by atoms with Crippen LogP contribution in [0.2, 0.25) is 0 Å². The molecule has 142 valence electrons. The van der Waals surface area contributed by atoms with E-state index in [2.05, 4.69) is 0 Å². The van der Waals surface area contributed by atoms with Crippen molar-refractivity contribution in [2.75, 3.05) is 26.8 Å². The predicted octanol–water partition coefficient (Wildman–Crippen LogP) is 3.95. The molecule has 0 N–H and O–H groups in total. The maximum atomic E-state index is 14.6. The Morgan fingerprint density at radius 2 is 1.96 bits per heavy atom. The van der Waals surface area contributed by atoms with Crippen LogP contribution in [0, 0.1) is 11.7 Å². The number of amides is 1. The number of carbonyl (C=O) groups is 2. The molecule has 0 unspecified atom stereocenters. The van der Waals surface area contributed by atoms with Gasteiger partial charge in [-0.25, -0.2) is 4.39 Å². The van der Waals surface area contributed by atoms with E-state index < -0.39 is 5.82 Å². The number of halogens is 1. The van der Waals surface area contributed by atoms with E-state index in [1.807, 2.05) is 30.3 Å². The summed E-state index contributed by atoms with van der Waals surface area (Å²) in [7, 11) is 1.56. The third kappa shape index (κ3) is 4.61. The van der Waals surface area contributed by atoms with Gasteiger partial charge in [0.15, 0.2) is 5.78 Å². The fourth-order valence-electron chi connectivity index (χ4n) is 3.52. The van der Waals surface area contributed by atoms with Crippen molar-refractivity contribution in [3.63, 3.8) is 0 Å². The van der Waals surface area contributed by atoms with Crippen LogP contribution in [0.5, 0.6) is 0 Å². The average Bonchev–Trinajstić information content (AvgIpc) is 2.72. The number of hydrogen-bond acceptors (Lipinski definition) is 3. The lowest BCUT2D eigenvalue weighted by molar-refractivity contribution is -0.133. The Kier molecular flexibility index (Phi) is 6.35. The van der Waals surface area contributed by atoms with E-state index in [-0.39, 0.29) is 17.6 Å². The number of methoxy groups -OCH3 is 1. The Balaban J connectivity index is 1.72. The van der Waals surface area contributed by atoms with Crippen LogP contribution < -0.4 is 0 Å². The summed E-state index contributed by atoms with van der Waals surface area (Å²) in [4.78, 5) is 26.8. The number of benzene rings is 2. The molecule has 0 saturated carbocycles. The maximum absolute atomic E-state index is 14.6. The van der Waals surface area contributed by atoms with Crippen LogP contribution in [0.3, 0.4) is 0 Å². The SMILES string of the molecule is COCCC(=O)N1CCC[C@H](C(=O)c2ccc(-c3ccccc3)c(F)c2)C1. The van der Waals surface area contributed by atoms with Crippen LogP contribution in [0.25, 0.3) is 11.1 Å². The first-order valence-electron chi connectivity index (χ1n) is 9.26. The van der Waals surface area contributed by atoms with Crippen molar-refractivity contribution in [3.8, 4) is 11.1 Å². The molecule has 0 spiro atoms. The number of rotatable bonds is 6. The highest BCUT2D eigenvalue weighted by atomic mass is 19.1. The quantitative estimate of drug-likeness (QED) is 0.725. The summed E-state index contributed by atoms with van der Waals surface area (Å²) in [5, 5.41) is 0. The highest BCUT2D eigenvalue weighted by Gasteiger charge is 2.29. The van der Waals surface area contributed by atoms with Gasteiger partial charge in [0.05, 0.1) is 13.0 Å². The molecule has 0 aliphatic carbocycles. The summed E-state index contributed by atoms with van der Waals surface area (Å²) in [6, 6.07) is 13.9. The summed E-state index contributed by atoms with van der Waals surface area (Å²) in [5.41, 5.74) is 1.62. The molecule has 0 aromatic heterocycles. The second-order valence-electron chi connectivity index (χ2n) is 6.85. The first kappa shape index (κ1) is 19.2. The molecular formula is C22H24FNO3. The third-order valence-corrected chi connectivity index (χ3v) is 5.00. The largest absolute Gasteiger partial charge is 0.384 e. The lowest BCUT2D eigenvalue weighted by Gasteiger charge is -2.32. The highest BCUT2D eigenvalue weighted by Crippen LogP contribution is 2.26. The Bertz CT molecular complexity index is 806. The first-order chi connectivity index (χ1) is 13.1. The Hall–Kier alpha value is -2.53. The number of hydrogen-bond donors (Lipinski definition) is 0. The molecule has 1 atom stereocenters. The number of likely N-dealkylation sites (tertiary alicyclic amines) is 1. The molecule has 0 radical (unpaired) electrons. The number of nitrogens with zero attached hydrogens (tertiary/aromatic N) is 1. The number of Topliss-reactive ketones (excluding diaryl/α,β-unsaturated/α-hetero) is 1. The zero-order valence-corrected chi connectivity index (χ0v) is 15.5. The van der Waals surface area contributed by atoms with Gasteiger partial charge in [-0.05, 0) is 24.5 Å². The number of ether oxygens (including phenoxy) is 1. The molecule has 1 aliphatic heterocycles. The van der Waals surface area contributed by atoms with E-state index in [1.165, 1.54) is 6.07 Å². The lowest BCUT2D eigenvalue weighted by atomic mass is 9.89. The molecule has 1 amide bonds. The standard InChI is InChI=1S/C22H24FNO3/c1-27-13-11-21(25)24-12-5-8-18(15-24)22(26)17-9-10-19(20(23)14-17)16-6-3-2-4-7-16/h2-4,6-7,9-10,14,18H,5,8,11-13,15H2,1H3/t18-/m0/s1. The van der Waals surface area contributed by atoms with Gasteiger partial charge in [0, 0.05) is 37.2 Å². The number of carbonyl (C=O) groups excluding carboxylic acids is 2. The fourth-order valence-corrected chi connectivity index (χ4v) is 3.52. The van der Waals surface area contributed by atoms with E-state index in [0.717, 1.165) is 18.4 Å². The van der Waals surface area contributed by atoms with Crippen LogP contribution in [0.15, 0.2) is 48.5 Å². The van der Waals surface area contributed by atoms with Crippen LogP contribution in [0.4, 0.5) is 4.39 Å². The van der Waals surface area contributed by atoms with Gasteiger partial charge in [0.1, 0.15) is 5.82 Å². The normalized spacial score (nSPS) is 17.0. The van der Waals surface area contributed by atoms with Crippen LogP contribution in [-0.2, 0) is 9.53 Å². The molecule has 4 nitrogen and oxygen atoms in total. The van der Waals surface area contributed by atoms with Gasteiger partial charge in [-0.2, -0.15) is 0 Å². The monoisotopic (exact) mass is 369 g/mol. The molecule has 1 aliphatic rings. The molecule has 1 heterocycles. The molecule has 3 rings (SSSR count). The second-order valence-corrected chi connectivity index (χ2v) is 6.85. The van der Waals surface area contributed by atoms with Crippen molar-refractivity contribution in [2.45, 2.75) is 19.3 Å². The minimum Gasteiger partial charge on any atom is -0.384 e. The summed E-state index contributed by atoms with van der Waals surface area (Å²) < 4.78 is 19.5. The van der Waals surface area contributed by atoms with Crippen LogP contribution >= 0.6 is 0 Å². The highest BCUT2D eigenvalue weighted by molar-refractivity contribution is 5.98. The van der Waals surface area contributed by atoms with Crippen LogP contribution in [0.1, 0.15) is 29.6 Å². The van der Waals surface area contributed by atoms with Gasteiger partial charge in [0.25, 0.3) is 0 Å². The van der Waals surface area contributed by atoms with E-state index in [0.29, 0.717) is 37.2 Å². The molecule has 27 heavy (non-hydrogen) atoms. The van der Waals surface area contributed by atoms with Crippen molar-refractivity contribution >= 4 is 11.7 Å². The minimum atomic E-state index is -0.407. The lowest BCUT2D eigenvalue weighted by Crippen LogP contribution is -2.42. The van der Waals surface area contributed by atoms with Gasteiger partial charge in [-0.1, -0.05) is 42.5 Å². The number of piperidine rings is 1. The minimum absolute atomic E-state index is 0.0000407. The summed E-state index contributed by atoms with van der Waals surface area (Å²) >= 11 is 0. The molecule has 1 fully saturated rings. The molecule has 1 saturated heterocycles. The van der Waals surface area contributed by atoms with E-state index in [1.54, 1.807) is 24.1 Å². The van der Waals surface area contributed by atoms with Gasteiger partial charge in [-0.15, -0.1) is 0 Å². The van der Waals surface area contributed by atoms with Crippen molar-refractivity contribution in [1.29, 1.82) is 0 Å². The average molecular weight is 369 g/mol. The third-order valence-electron chi connectivity index (χ3n) is 5.00. The van der Waals surface area contributed by atoms with Gasteiger partial charge < -0.3 is 9.64 Å². The van der Waals surface area contributed by atoms with Crippen molar-refractivity contribution in [2.24, 2.45) is 5.92 Å². The maximum Gasteiger partial charge on any atom is 0.224 e. The Morgan fingerprint density at radius 3 is 2.67 bits per heavy atom. The van der Waals surface area contributed by atoms with Gasteiger partial charge >= 0.3 is 0 Å². The topological polar surface area (TPSA) is 46.6 Å². The summed E-state index contributed by atoms with van der Waals surface area (Å²) in [6.07, 6.45) is 1.81. The predicted molar refractivity (Wildman–Crippen MR) is 102 cm³/mol. The van der Waals surface area contributed by atoms with Crippen molar-refractivity contribution in [1.82, 2.24) is 4.90 Å². The Morgan fingerprint density at radius 1 is 1.19 bits per heavy atom. The molecular weight excluding hydrogens is 345 g/mol. The smallest absolute Gasteiger partial charge is 0.224 e. The number of ketones is 1. The molecule has 0 bridgehead atoms. The summed E-state index contributed by atoms with van der Waals surface area (Å²) in [5.74, 6) is -0.791. The molecule has 2 aromatic rings. The second kappa shape index (κ2) is 8.91. The zero-order valence-electron chi connectivity index (χ0n) is 15.5. The van der Waals surface area contributed by atoms with Crippen LogP contribution in [-0.4, -0.2) is 43.4 Å². The van der Waals surface area contributed by atoms with Gasteiger partial charge in [-0.3, -0.25) is 9.59 Å². The molecule has 2 aromatic carbocycles. The van der Waals surface area contributed by atoms with E-state index >= 15 is 0 Å². The Labute approximate surface area is 158 Å². The van der Waals surface area contributed by atoms with Gasteiger partial charge in [0.2, 0.25) is 5.91 Å². The van der Waals surface area contributed by atoms with Crippen molar-refractivity contribution < 1.29 is 18.7 Å². The summed E-state index contributed by atoms with van der Waals surface area (Å²) in [6.45, 7) is 1.43. The van der Waals surface area contributed by atoms with Crippen molar-refractivity contribution in [3.05, 3.63) is 59.9 Å².